The normalized spacial score (nSPS) is 10.8. The summed E-state index contributed by atoms with van der Waals surface area (Å²) < 4.78 is 11.2. The summed E-state index contributed by atoms with van der Waals surface area (Å²) in [6, 6.07) is 5.84. The second-order valence-electron chi connectivity index (χ2n) is 4.85. The summed E-state index contributed by atoms with van der Waals surface area (Å²) in [5.41, 5.74) is 2.06. The van der Waals surface area contributed by atoms with Crippen molar-refractivity contribution in [1.82, 2.24) is 5.32 Å². The predicted octanol–water partition coefficient (Wildman–Crippen LogP) is 3.07. The monoisotopic (exact) mass is 275 g/mol. The Kier molecular flexibility index (Phi) is 4.66. The van der Waals surface area contributed by atoms with Crippen molar-refractivity contribution in [3.05, 3.63) is 29.5 Å². The van der Waals surface area contributed by atoms with E-state index < -0.39 is 0 Å². The van der Waals surface area contributed by atoms with Gasteiger partial charge in [0.05, 0.1) is 7.11 Å². The van der Waals surface area contributed by atoms with Crippen LogP contribution in [0.2, 0.25) is 0 Å². The van der Waals surface area contributed by atoms with Crippen LogP contribution in [0.25, 0.3) is 11.0 Å². The third-order valence-corrected chi connectivity index (χ3v) is 3.31. The molecule has 0 bridgehead atoms. The minimum atomic E-state index is -0.00702. The highest BCUT2D eigenvalue weighted by Crippen LogP contribution is 2.30. The number of ether oxygens (including phenoxy) is 1. The standard InChI is InChI=1S/C16H21NO3/c1-4-5-15-13(8-9-17-11(2)18)14-10-12(19-3)6-7-16(14)20-15/h6-7,10H,4-5,8-9H2,1-3H3,(H,17,18). The summed E-state index contributed by atoms with van der Waals surface area (Å²) in [4.78, 5) is 11.0. The van der Waals surface area contributed by atoms with Crippen LogP contribution in [-0.2, 0) is 17.6 Å². The highest BCUT2D eigenvalue weighted by atomic mass is 16.5. The van der Waals surface area contributed by atoms with Crippen LogP contribution in [0.3, 0.4) is 0 Å². The second-order valence-corrected chi connectivity index (χ2v) is 4.85. The lowest BCUT2D eigenvalue weighted by Crippen LogP contribution is -2.22. The van der Waals surface area contributed by atoms with E-state index in [1.54, 1.807) is 7.11 Å². The topological polar surface area (TPSA) is 51.5 Å². The van der Waals surface area contributed by atoms with E-state index in [0.29, 0.717) is 6.54 Å². The van der Waals surface area contributed by atoms with E-state index in [0.717, 1.165) is 41.7 Å². The van der Waals surface area contributed by atoms with Gasteiger partial charge in [0.25, 0.3) is 0 Å². The predicted molar refractivity (Wildman–Crippen MR) is 79.1 cm³/mol. The van der Waals surface area contributed by atoms with Gasteiger partial charge in [0.1, 0.15) is 17.1 Å². The molecule has 0 aliphatic heterocycles. The number of furan rings is 1. The Morgan fingerprint density at radius 2 is 2.15 bits per heavy atom. The Balaban J connectivity index is 2.35. The minimum absolute atomic E-state index is 0.00702. The van der Waals surface area contributed by atoms with Gasteiger partial charge in [0.2, 0.25) is 5.91 Å². The minimum Gasteiger partial charge on any atom is -0.497 e. The van der Waals surface area contributed by atoms with E-state index in [-0.39, 0.29) is 5.91 Å². The lowest BCUT2D eigenvalue weighted by Gasteiger charge is -2.04. The average molecular weight is 275 g/mol. The van der Waals surface area contributed by atoms with Crippen LogP contribution in [0.15, 0.2) is 22.6 Å². The molecule has 1 aromatic carbocycles. The first-order chi connectivity index (χ1) is 9.65. The average Bonchev–Trinajstić information content (AvgIpc) is 2.76. The van der Waals surface area contributed by atoms with Gasteiger partial charge in [-0.05, 0) is 31.0 Å². The summed E-state index contributed by atoms with van der Waals surface area (Å²) in [6.07, 6.45) is 2.71. The Hall–Kier alpha value is -1.97. The van der Waals surface area contributed by atoms with Crippen LogP contribution in [-0.4, -0.2) is 19.6 Å². The zero-order chi connectivity index (χ0) is 14.5. The molecule has 4 nitrogen and oxygen atoms in total. The first-order valence-corrected chi connectivity index (χ1v) is 6.98. The van der Waals surface area contributed by atoms with Crippen molar-refractivity contribution < 1.29 is 13.9 Å². The van der Waals surface area contributed by atoms with Gasteiger partial charge in [-0.3, -0.25) is 4.79 Å². The van der Waals surface area contributed by atoms with E-state index in [1.165, 1.54) is 12.5 Å². The number of hydrogen-bond acceptors (Lipinski definition) is 3. The molecule has 1 amide bonds. The van der Waals surface area contributed by atoms with Gasteiger partial charge in [-0.2, -0.15) is 0 Å². The highest BCUT2D eigenvalue weighted by Gasteiger charge is 2.14. The SMILES string of the molecule is CCCc1oc2ccc(OC)cc2c1CCNC(C)=O. The molecule has 0 saturated heterocycles. The molecule has 0 aliphatic rings. The first-order valence-electron chi connectivity index (χ1n) is 6.98. The Bertz CT molecular complexity index is 601. The number of methoxy groups -OCH3 is 1. The molecule has 4 heteroatoms. The second kappa shape index (κ2) is 6.46. The Labute approximate surface area is 119 Å². The number of fused-ring (bicyclic) bond motifs is 1. The van der Waals surface area contributed by atoms with Crippen molar-refractivity contribution in [1.29, 1.82) is 0 Å². The van der Waals surface area contributed by atoms with Gasteiger partial charge in [-0.25, -0.2) is 0 Å². The Morgan fingerprint density at radius 1 is 1.35 bits per heavy atom. The van der Waals surface area contributed by atoms with Crippen LogP contribution in [0, 0.1) is 0 Å². The molecule has 2 aromatic rings. The number of nitrogens with one attached hydrogen (secondary N) is 1. The van der Waals surface area contributed by atoms with Crippen LogP contribution in [0.4, 0.5) is 0 Å². The number of amides is 1. The van der Waals surface area contributed by atoms with E-state index in [1.807, 2.05) is 18.2 Å². The van der Waals surface area contributed by atoms with Crippen LogP contribution in [0.1, 0.15) is 31.6 Å². The zero-order valence-electron chi connectivity index (χ0n) is 12.3. The molecule has 0 fully saturated rings. The van der Waals surface area contributed by atoms with E-state index in [2.05, 4.69) is 12.2 Å². The molecule has 0 atom stereocenters. The lowest BCUT2D eigenvalue weighted by molar-refractivity contribution is -0.118. The molecule has 2 rings (SSSR count). The first kappa shape index (κ1) is 14.4. The van der Waals surface area contributed by atoms with Crippen molar-refractivity contribution in [3.8, 4) is 5.75 Å². The molecule has 1 aromatic heterocycles. The maximum Gasteiger partial charge on any atom is 0.216 e. The molecule has 0 spiro atoms. The summed E-state index contributed by atoms with van der Waals surface area (Å²) in [7, 11) is 1.66. The van der Waals surface area contributed by atoms with E-state index >= 15 is 0 Å². The zero-order valence-corrected chi connectivity index (χ0v) is 12.3. The maximum atomic E-state index is 11.0. The van der Waals surface area contributed by atoms with Crippen LogP contribution in [0.5, 0.6) is 5.75 Å². The third-order valence-electron chi connectivity index (χ3n) is 3.31. The molecule has 0 aliphatic carbocycles. The lowest BCUT2D eigenvalue weighted by atomic mass is 10.0. The van der Waals surface area contributed by atoms with Crippen molar-refractivity contribution in [2.75, 3.05) is 13.7 Å². The fourth-order valence-electron chi connectivity index (χ4n) is 2.37. The summed E-state index contributed by atoms with van der Waals surface area (Å²) in [5.74, 6) is 1.83. The quantitative estimate of drug-likeness (QED) is 0.881. The van der Waals surface area contributed by atoms with Crippen molar-refractivity contribution in [2.24, 2.45) is 0 Å². The molecule has 0 unspecified atom stereocenters. The molecule has 1 heterocycles. The van der Waals surface area contributed by atoms with Crippen LogP contribution < -0.4 is 10.1 Å². The smallest absolute Gasteiger partial charge is 0.216 e. The molecule has 108 valence electrons. The number of aryl methyl sites for hydroxylation is 1. The highest BCUT2D eigenvalue weighted by molar-refractivity contribution is 5.84. The van der Waals surface area contributed by atoms with Gasteiger partial charge >= 0.3 is 0 Å². The van der Waals surface area contributed by atoms with Crippen molar-refractivity contribution >= 4 is 16.9 Å². The summed E-state index contributed by atoms with van der Waals surface area (Å²) in [6.45, 7) is 4.28. The third kappa shape index (κ3) is 3.13. The van der Waals surface area contributed by atoms with E-state index in [9.17, 15) is 4.79 Å². The number of hydrogen-bond donors (Lipinski definition) is 1. The summed E-state index contributed by atoms with van der Waals surface area (Å²) in [5, 5.41) is 3.92. The molecule has 0 saturated carbocycles. The van der Waals surface area contributed by atoms with Gasteiger partial charge in [0.15, 0.2) is 0 Å². The van der Waals surface area contributed by atoms with Gasteiger partial charge in [-0.1, -0.05) is 6.92 Å². The number of rotatable bonds is 6. The summed E-state index contributed by atoms with van der Waals surface area (Å²) >= 11 is 0. The van der Waals surface area contributed by atoms with Gasteiger partial charge < -0.3 is 14.5 Å². The molecular weight excluding hydrogens is 254 g/mol. The maximum absolute atomic E-state index is 11.0. The van der Waals surface area contributed by atoms with Crippen LogP contribution >= 0.6 is 0 Å². The van der Waals surface area contributed by atoms with Gasteiger partial charge in [0, 0.05) is 30.8 Å². The largest absolute Gasteiger partial charge is 0.497 e. The Morgan fingerprint density at radius 3 is 2.80 bits per heavy atom. The number of carbonyl (C=O) groups is 1. The number of benzene rings is 1. The number of carbonyl (C=O) groups excluding carboxylic acids is 1. The van der Waals surface area contributed by atoms with Gasteiger partial charge in [-0.15, -0.1) is 0 Å². The fraction of sp³-hybridized carbons (Fsp3) is 0.438. The fourth-order valence-corrected chi connectivity index (χ4v) is 2.37. The van der Waals surface area contributed by atoms with Crippen molar-refractivity contribution in [2.45, 2.75) is 33.1 Å². The molecule has 1 N–H and O–H groups in total. The molecule has 20 heavy (non-hydrogen) atoms. The van der Waals surface area contributed by atoms with Crippen molar-refractivity contribution in [3.63, 3.8) is 0 Å². The molecular formula is C16H21NO3. The van der Waals surface area contributed by atoms with E-state index in [4.69, 9.17) is 9.15 Å². The molecule has 0 radical (unpaired) electrons.